The van der Waals surface area contributed by atoms with Gasteiger partial charge in [-0.1, -0.05) is 25.6 Å². The van der Waals surface area contributed by atoms with E-state index in [1.54, 1.807) is 37.0 Å². The van der Waals surface area contributed by atoms with Gasteiger partial charge >= 0.3 is 0 Å². The van der Waals surface area contributed by atoms with Gasteiger partial charge < -0.3 is 14.8 Å². The van der Waals surface area contributed by atoms with Crippen molar-refractivity contribution in [3.63, 3.8) is 0 Å². The first-order valence-corrected chi connectivity index (χ1v) is 10.8. The van der Waals surface area contributed by atoms with Crippen molar-refractivity contribution in [2.45, 2.75) is 32.0 Å². The minimum absolute atomic E-state index is 0.0689. The lowest BCUT2D eigenvalue weighted by atomic mass is 10.1. The maximum absolute atomic E-state index is 12.9. The third-order valence-electron chi connectivity index (χ3n) is 4.46. The molecule has 0 aliphatic rings. The number of carbonyl (C=O) groups is 1. The highest BCUT2D eigenvalue weighted by molar-refractivity contribution is 7.99. The number of hydrogen-bond acceptors (Lipinski definition) is 8. The minimum atomic E-state index is -0.251. The molecule has 2 aromatic heterocycles. The number of carbonyl (C=O) groups excluding carboxylic acids is 1. The van der Waals surface area contributed by atoms with Crippen LogP contribution in [-0.4, -0.2) is 45.4 Å². The molecule has 0 aliphatic heterocycles. The van der Waals surface area contributed by atoms with E-state index in [1.807, 2.05) is 0 Å². The van der Waals surface area contributed by atoms with Gasteiger partial charge in [-0.2, -0.15) is 0 Å². The Morgan fingerprint density at radius 2 is 1.81 bits per heavy atom. The third kappa shape index (κ3) is 5.72. The smallest absolute Gasteiger partial charge is 0.282 e. The van der Waals surface area contributed by atoms with Gasteiger partial charge in [-0.15, -0.1) is 0 Å². The molecule has 10 heteroatoms. The molecule has 1 aromatic carbocycles. The van der Waals surface area contributed by atoms with E-state index in [-0.39, 0.29) is 28.4 Å². The van der Waals surface area contributed by atoms with Crippen molar-refractivity contribution in [1.29, 1.82) is 0 Å². The van der Waals surface area contributed by atoms with Crippen LogP contribution in [0.4, 0.5) is 5.69 Å². The summed E-state index contributed by atoms with van der Waals surface area (Å²) in [7, 11) is 3.09. The summed E-state index contributed by atoms with van der Waals surface area (Å²) in [5.74, 6) is 1.37. The van der Waals surface area contributed by atoms with Gasteiger partial charge in [-0.05, 0) is 12.3 Å². The molecule has 0 fully saturated rings. The highest BCUT2D eigenvalue weighted by atomic mass is 32.2. The number of rotatable bonds is 9. The largest absolute Gasteiger partial charge is 0.497 e. The van der Waals surface area contributed by atoms with Crippen LogP contribution >= 0.6 is 11.8 Å². The van der Waals surface area contributed by atoms with Crippen molar-refractivity contribution >= 4 is 34.5 Å². The van der Waals surface area contributed by atoms with Gasteiger partial charge in [-0.25, -0.2) is 15.0 Å². The van der Waals surface area contributed by atoms with Crippen LogP contribution in [0, 0.1) is 5.92 Å². The second kappa shape index (κ2) is 10.3. The molecule has 0 spiro atoms. The first-order chi connectivity index (χ1) is 14.9. The predicted molar refractivity (Wildman–Crippen MR) is 120 cm³/mol. The van der Waals surface area contributed by atoms with Gasteiger partial charge in [-0.3, -0.25) is 14.2 Å². The molecule has 164 valence electrons. The first kappa shape index (κ1) is 22.5. The second-order valence-electron chi connectivity index (χ2n) is 7.20. The number of benzene rings is 1. The topological polar surface area (TPSA) is 108 Å². The van der Waals surface area contributed by atoms with E-state index in [0.29, 0.717) is 34.8 Å². The number of anilines is 1. The molecule has 31 heavy (non-hydrogen) atoms. The maximum Gasteiger partial charge on any atom is 0.282 e. The SMILES string of the molecule is COc1cc(NC(=O)CSc2nc3nccnc3c(=O)n2CCC(C)C)cc(OC)c1. The van der Waals surface area contributed by atoms with E-state index in [2.05, 4.69) is 34.1 Å². The van der Waals surface area contributed by atoms with Gasteiger partial charge in [0.1, 0.15) is 11.5 Å². The lowest BCUT2D eigenvalue weighted by molar-refractivity contribution is -0.113. The Hall–Kier alpha value is -3.14. The molecule has 1 N–H and O–H groups in total. The van der Waals surface area contributed by atoms with Crippen molar-refractivity contribution in [3.8, 4) is 11.5 Å². The zero-order chi connectivity index (χ0) is 22.4. The first-order valence-electron chi connectivity index (χ1n) is 9.78. The molecule has 9 nitrogen and oxygen atoms in total. The van der Waals surface area contributed by atoms with Gasteiger partial charge in [0.05, 0.1) is 20.0 Å². The third-order valence-corrected chi connectivity index (χ3v) is 5.43. The van der Waals surface area contributed by atoms with Gasteiger partial charge in [0, 0.05) is 42.8 Å². The molecule has 0 bridgehead atoms. The molecular weight excluding hydrogens is 418 g/mol. The van der Waals surface area contributed by atoms with E-state index in [1.165, 1.54) is 24.2 Å². The Balaban J connectivity index is 1.80. The number of aromatic nitrogens is 4. The average molecular weight is 444 g/mol. The summed E-state index contributed by atoms with van der Waals surface area (Å²) in [4.78, 5) is 38.2. The van der Waals surface area contributed by atoms with E-state index in [4.69, 9.17) is 9.47 Å². The highest BCUT2D eigenvalue weighted by Gasteiger charge is 2.15. The lowest BCUT2D eigenvalue weighted by Gasteiger charge is -2.14. The zero-order valence-electron chi connectivity index (χ0n) is 17.9. The average Bonchev–Trinajstić information content (AvgIpc) is 2.76. The van der Waals surface area contributed by atoms with E-state index in [9.17, 15) is 9.59 Å². The Kier molecular flexibility index (Phi) is 7.45. The summed E-state index contributed by atoms with van der Waals surface area (Å²) in [6, 6.07) is 5.12. The number of ether oxygens (including phenoxy) is 2. The second-order valence-corrected chi connectivity index (χ2v) is 8.14. The molecule has 0 radical (unpaired) electrons. The highest BCUT2D eigenvalue weighted by Crippen LogP contribution is 2.26. The quantitative estimate of drug-likeness (QED) is 0.397. The monoisotopic (exact) mass is 443 g/mol. The number of amides is 1. The fourth-order valence-electron chi connectivity index (χ4n) is 2.83. The molecule has 3 rings (SSSR count). The van der Waals surface area contributed by atoms with E-state index < -0.39 is 0 Å². The Morgan fingerprint density at radius 1 is 1.13 bits per heavy atom. The van der Waals surface area contributed by atoms with Crippen LogP contribution in [0.3, 0.4) is 0 Å². The van der Waals surface area contributed by atoms with Crippen molar-refractivity contribution in [2.24, 2.45) is 5.92 Å². The van der Waals surface area contributed by atoms with Crippen LogP contribution in [0.25, 0.3) is 11.2 Å². The maximum atomic E-state index is 12.9. The van der Waals surface area contributed by atoms with E-state index >= 15 is 0 Å². The number of methoxy groups -OCH3 is 2. The Bertz CT molecular complexity index is 1110. The number of nitrogens with one attached hydrogen (secondary N) is 1. The van der Waals surface area contributed by atoms with Crippen LogP contribution < -0.4 is 20.3 Å². The van der Waals surface area contributed by atoms with Gasteiger partial charge in [0.25, 0.3) is 5.56 Å². The summed E-state index contributed by atoms with van der Waals surface area (Å²) >= 11 is 1.18. The van der Waals surface area contributed by atoms with Crippen LogP contribution in [0.5, 0.6) is 11.5 Å². The molecule has 0 saturated carbocycles. The fraction of sp³-hybridized carbons (Fsp3) is 0.381. The summed E-state index contributed by atoms with van der Waals surface area (Å²) in [5, 5.41) is 3.26. The molecule has 1 amide bonds. The van der Waals surface area contributed by atoms with Gasteiger partial charge in [0.15, 0.2) is 16.3 Å². The lowest BCUT2D eigenvalue weighted by Crippen LogP contribution is -2.26. The van der Waals surface area contributed by atoms with Crippen molar-refractivity contribution < 1.29 is 14.3 Å². The predicted octanol–water partition coefficient (Wildman–Crippen LogP) is 2.98. The van der Waals surface area contributed by atoms with E-state index in [0.717, 1.165) is 6.42 Å². The van der Waals surface area contributed by atoms with Crippen molar-refractivity contribution in [1.82, 2.24) is 19.5 Å². The molecule has 0 aliphatic carbocycles. The number of hydrogen-bond donors (Lipinski definition) is 1. The Morgan fingerprint density at radius 3 is 2.45 bits per heavy atom. The summed E-state index contributed by atoms with van der Waals surface area (Å²) in [5.41, 5.74) is 0.799. The number of nitrogens with zero attached hydrogens (tertiary/aromatic N) is 4. The van der Waals surface area contributed by atoms with Crippen LogP contribution in [0.2, 0.25) is 0 Å². The van der Waals surface area contributed by atoms with Crippen molar-refractivity contribution in [2.75, 3.05) is 25.3 Å². The normalized spacial score (nSPS) is 11.0. The van der Waals surface area contributed by atoms with Crippen LogP contribution in [0.15, 0.2) is 40.5 Å². The summed E-state index contributed by atoms with van der Waals surface area (Å²) in [6.07, 6.45) is 3.77. The molecule has 3 aromatic rings. The zero-order valence-corrected chi connectivity index (χ0v) is 18.7. The number of fused-ring (bicyclic) bond motifs is 1. The molecule has 2 heterocycles. The minimum Gasteiger partial charge on any atom is -0.497 e. The molecule has 0 saturated heterocycles. The Labute approximate surface area is 184 Å². The molecule has 0 atom stereocenters. The van der Waals surface area contributed by atoms with Gasteiger partial charge in [0.2, 0.25) is 5.91 Å². The molecule has 0 unspecified atom stereocenters. The van der Waals surface area contributed by atoms with Crippen LogP contribution in [0.1, 0.15) is 20.3 Å². The molecular formula is C21H25N5O4S. The fourth-order valence-corrected chi connectivity index (χ4v) is 3.64. The standard InChI is InChI=1S/C21H25N5O4S/c1-13(2)5-8-26-20(28)18-19(23-7-6-22-18)25-21(26)31-12-17(27)24-14-9-15(29-3)11-16(10-14)30-4/h6-7,9-11,13H,5,8,12H2,1-4H3,(H,24,27). The summed E-state index contributed by atoms with van der Waals surface area (Å²) in [6.45, 7) is 4.66. The summed E-state index contributed by atoms with van der Waals surface area (Å²) < 4.78 is 12.0. The van der Waals surface area contributed by atoms with Crippen molar-refractivity contribution in [3.05, 3.63) is 40.9 Å². The van der Waals surface area contributed by atoms with Crippen LogP contribution in [-0.2, 0) is 11.3 Å². The number of thioether (sulfide) groups is 1.